The highest BCUT2D eigenvalue weighted by Crippen LogP contribution is 2.39. The maximum Gasteiger partial charge on any atom is 0.238 e. The van der Waals surface area contributed by atoms with E-state index in [9.17, 15) is 4.79 Å². The molecule has 0 radical (unpaired) electrons. The Hall–Kier alpha value is -1.99. The summed E-state index contributed by atoms with van der Waals surface area (Å²) < 4.78 is 17.2. The molecule has 3 rings (SSSR count). The van der Waals surface area contributed by atoms with E-state index in [-0.39, 0.29) is 5.91 Å². The molecule has 2 saturated heterocycles. The Morgan fingerprint density at radius 1 is 1.00 bits per heavy atom. The molecule has 7 heteroatoms. The van der Waals surface area contributed by atoms with Crippen LogP contribution in [0.5, 0.6) is 11.5 Å². The lowest BCUT2D eigenvalue weighted by atomic mass is 10.1. The number of amides is 1. The molecule has 156 valence electrons. The summed E-state index contributed by atoms with van der Waals surface area (Å²) in [6, 6.07) is 3.88. The SMILES string of the molecule is CCOc1cc(N2CCOCC2)c(OCC)cc1NC(=O)CN1CCCCC1. The van der Waals surface area contributed by atoms with Crippen molar-refractivity contribution in [2.45, 2.75) is 33.1 Å². The summed E-state index contributed by atoms with van der Waals surface area (Å²) in [6.07, 6.45) is 3.59. The predicted octanol–water partition coefficient (Wildman–Crippen LogP) is 2.75. The predicted molar refractivity (Wildman–Crippen MR) is 111 cm³/mol. The first kappa shape index (κ1) is 20.7. The molecule has 1 N–H and O–H groups in total. The van der Waals surface area contributed by atoms with Gasteiger partial charge in [0.05, 0.1) is 44.3 Å². The molecule has 0 bridgehead atoms. The normalized spacial score (nSPS) is 18.0. The molecule has 2 aliphatic rings. The van der Waals surface area contributed by atoms with Crippen LogP contribution in [0.25, 0.3) is 0 Å². The van der Waals surface area contributed by atoms with Gasteiger partial charge in [-0.3, -0.25) is 9.69 Å². The summed E-state index contributed by atoms with van der Waals surface area (Å²) in [7, 11) is 0. The Bertz CT molecular complexity index is 641. The number of benzene rings is 1. The van der Waals surface area contributed by atoms with E-state index in [1.54, 1.807) is 0 Å². The first-order chi connectivity index (χ1) is 13.7. The van der Waals surface area contributed by atoms with Crippen LogP contribution >= 0.6 is 0 Å². The van der Waals surface area contributed by atoms with Gasteiger partial charge in [-0.2, -0.15) is 0 Å². The average molecular weight is 392 g/mol. The molecule has 0 aliphatic carbocycles. The number of carbonyl (C=O) groups excluding carboxylic acids is 1. The Balaban J connectivity index is 1.79. The number of rotatable bonds is 8. The van der Waals surface area contributed by atoms with Crippen LogP contribution in [0.2, 0.25) is 0 Å². The zero-order valence-electron chi connectivity index (χ0n) is 17.2. The second-order valence-electron chi connectivity index (χ2n) is 7.17. The largest absolute Gasteiger partial charge is 0.492 e. The van der Waals surface area contributed by atoms with Crippen molar-refractivity contribution in [1.82, 2.24) is 4.90 Å². The fourth-order valence-electron chi connectivity index (χ4n) is 3.75. The van der Waals surface area contributed by atoms with E-state index < -0.39 is 0 Å². The van der Waals surface area contributed by atoms with Crippen molar-refractivity contribution in [3.63, 3.8) is 0 Å². The van der Waals surface area contributed by atoms with E-state index in [4.69, 9.17) is 14.2 Å². The monoisotopic (exact) mass is 391 g/mol. The van der Waals surface area contributed by atoms with Crippen LogP contribution < -0.4 is 19.7 Å². The molecule has 0 saturated carbocycles. The molecule has 2 fully saturated rings. The number of hydrogen-bond donors (Lipinski definition) is 1. The first-order valence-corrected chi connectivity index (χ1v) is 10.5. The molecule has 0 unspecified atom stereocenters. The number of piperidine rings is 1. The van der Waals surface area contributed by atoms with Gasteiger partial charge in [0.25, 0.3) is 0 Å². The minimum Gasteiger partial charge on any atom is -0.492 e. The molecule has 2 heterocycles. The number of likely N-dealkylation sites (tertiary alicyclic amines) is 1. The topological polar surface area (TPSA) is 63.3 Å². The standard InChI is InChI=1S/C21H33N3O4/c1-3-27-19-15-18(24-10-12-26-13-11-24)20(28-4-2)14-17(19)22-21(25)16-23-8-6-5-7-9-23/h14-15H,3-13,16H2,1-2H3,(H,22,25). The Morgan fingerprint density at radius 3 is 2.36 bits per heavy atom. The highest BCUT2D eigenvalue weighted by molar-refractivity contribution is 5.94. The molecule has 1 aromatic carbocycles. The van der Waals surface area contributed by atoms with Gasteiger partial charge in [-0.15, -0.1) is 0 Å². The third-order valence-electron chi connectivity index (χ3n) is 5.10. The second kappa shape index (κ2) is 10.5. The van der Waals surface area contributed by atoms with Crippen molar-refractivity contribution in [2.75, 3.05) is 69.4 Å². The molecule has 1 aromatic rings. The Labute approximate surface area is 167 Å². The van der Waals surface area contributed by atoms with Crippen molar-refractivity contribution in [3.05, 3.63) is 12.1 Å². The third kappa shape index (κ3) is 5.52. The number of ether oxygens (including phenoxy) is 3. The smallest absolute Gasteiger partial charge is 0.238 e. The van der Waals surface area contributed by atoms with Gasteiger partial charge in [0.1, 0.15) is 11.5 Å². The van der Waals surface area contributed by atoms with Crippen molar-refractivity contribution < 1.29 is 19.0 Å². The lowest BCUT2D eigenvalue weighted by Gasteiger charge is -2.31. The fraction of sp³-hybridized carbons (Fsp3) is 0.667. The van der Waals surface area contributed by atoms with Crippen molar-refractivity contribution in [2.24, 2.45) is 0 Å². The summed E-state index contributed by atoms with van der Waals surface area (Å²) in [5.74, 6) is 1.44. The van der Waals surface area contributed by atoms with Crippen molar-refractivity contribution in [3.8, 4) is 11.5 Å². The minimum absolute atomic E-state index is 0.00979. The highest BCUT2D eigenvalue weighted by Gasteiger charge is 2.21. The van der Waals surface area contributed by atoms with Crippen LogP contribution in [-0.2, 0) is 9.53 Å². The molecule has 2 aliphatic heterocycles. The number of morpholine rings is 1. The van der Waals surface area contributed by atoms with Crippen LogP contribution in [0.1, 0.15) is 33.1 Å². The number of carbonyl (C=O) groups is 1. The summed E-state index contributed by atoms with van der Waals surface area (Å²) in [5.41, 5.74) is 1.66. The van der Waals surface area contributed by atoms with Gasteiger partial charge >= 0.3 is 0 Å². The van der Waals surface area contributed by atoms with Crippen LogP contribution in [0.15, 0.2) is 12.1 Å². The van der Waals surface area contributed by atoms with E-state index in [0.717, 1.165) is 37.6 Å². The van der Waals surface area contributed by atoms with Gasteiger partial charge < -0.3 is 24.4 Å². The van der Waals surface area contributed by atoms with Crippen LogP contribution in [0.3, 0.4) is 0 Å². The Morgan fingerprint density at radius 2 is 1.68 bits per heavy atom. The lowest BCUT2D eigenvalue weighted by molar-refractivity contribution is -0.117. The fourth-order valence-corrected chi connectivity index (χ4v) is 3.75. The quantitative estimate of drug-likeness (QED) is 0.735. The van der Waals surface area contributed by atoms with Crippen LogP contribution in [-0.4, -0.2) is 70.0 Å². The third-order valence-corrected chi connectivity index (χ3v) is 5.10. The number of nitrogens with one attached hydrogen (secondary N) is 1. The molecular weight excluding hydrogens is 358 g/mol. The maximum absolute atomic E-state index is 12.6. The number of hydrogen-bond acceptors (Lipinski definition) is 6. The number of anilines is 2. The molecule has 0 spiro atoms. The van der Waals surface area contributed by atoms with Gasteiger partial charge in [-0.1, -0.05) is 6.42 Å². The second-order valence-corrected chi connectivity index (χ2v) is 7.17. The summed E-state index contributed by atoms with van der Waals surface area (Å²) in [4.78, 5) is 17.1. The van der Waals surface area contributed by atoms with Crippen molar-refractivity contribution in [1.29, 1.82) is 0 Å². The van der Waals surface area contributed by atoms with Gasteiger partial charge in [0.2, 0.25) is 5.91 Å². The lowest BCUT2D eigenvalue weighted by Crippen LogP contribution is -2.37. The minimum atomic E-state index is -0.00979. The average Bonchev–Trinajstić information content (AvgIpc) is 2.71. The zero-order chi connectivity index (χ0) is 19.8. The van der Waals surface area contributed by atoms with Gasteiger partial charge in [-0.05, 0) is 39.8 Å². The van der Waals surface area contributed by atoms with Crippen LogP contribution in [0, 0.1) is 0 Å². The van der Waals surface area contributed by atoms with Gasteiger partial charge in [0, 0.05) is 25.2 Å². The number of nitrogens with zero attached hydrogens (tertiary/aromatic N) is 2. The van der Waals surface area contributed by atoms with Crippen molar-refractivity contribution >= 4 is 17.3 Å². The highest BCUT2D eigenvalue weighted by atomic mass is 16.5. The van der Waals surface area contributed by atoms with E-state index in [1.807, 2.05) is 26.0 Å². The molecule has 7 nitrogen and oxygen atoms in total. The summed E-state index contributed by atoms with van der Waals surface area (Å²) in [5, 5.41) is 3.04. The molecule has 0 atom stereocenters. The Kier molecular flexibility index (Phi) is 7.80. The van der Waals surface area contributed by atoms with E-state index in [2.05, 4.69) is 15.1 Å². The summed E-state index contributed by atoms with van der Waals surface area (Å²) in [6.45, 7) is 10.4. The molecular formula is C21H33N3O4. The molecule has 28 heavy (non-hydrogen) atoms. The van der Waals surface area contributed by atoms with Gasteiger partial charge in [-0.25, -0.2) is 0 Å². The molecule has 0 aromatic heterocycles. The van der Waals surface area contributed by atoms with E-state index in [1.165, 1.54) is 19.3 Å². The van der Waals surface area contributed by atoms with Gasteiger partial charge in [0.15, 0.2) is 0 Å². The van der Waals surface area contributed by atoms with E-state index >= 15 is 0 Å². The van der Waals surface area contributed by atoms with E-state index in [0.29, 0.717) is 44.4 Å². The van der Waals surface area contributed by atoms with Crippen LogP contribution in [0.4, 0.5) is 11.4 Å². The molecule has 1 amide bonds. The first-order valence-electron chi connectivity index (χ1n) is 10.5. The maximum atomic E-state index is 12.6. The zero-order valence-corrected chi connectivity index (χ0v) is 17.2. The summed E-state index contributed by atoms with van der Waals surface area (Å²) >= 11 is 0.